The molecule has 1 aliphatic heterocycles. The van der Waals surface area contributed by atoms with Gasteiger partial charge in [-0.2, -0.15) is 0 Å². The van der Waals surface area contributed by atoms with Crippen LogP contribution in [0.1, 0.15) is 36.1 Å². The summed E-state index contributed by atoms with van der Waals surface area (Å²) in [7, 11) is 0. The van der Waals surface area contributed by atoms with E-state index in [9.17, 15) is 14.3 Å². The molecule has 1 aliphatic rings. The third kappa shape index (κ3) is 4.28. The summed E-state index contributed by atoms with van der Waals surface area (Å²) in [5, 5.41) is 15.2. The van der Waals surface area contributed by atoms with Crippen molar-refractivity contribution in [1.82, 2.24) is 10.6 Å². The number of aliphatic hydroxyl groups is 1. The van der Waals surface area contributed by atoms with Crippen molar-refractivity contribution < 1.29 is 19.0 Å². The topological polar surface area (TPSA) is 70.6 Å². The van der Waals surface area contributed by atoms with E-state index in [2.05, 4.69) is 10.6 Å². The van der Waals surface area contributed by atoms with Gasteiger partial charge in [0.1, 0.15) is 11.6 Å². The zero-order valence-corrected chi connectivity index (χ0v) is 13.7. The van der Waals surface area contributed by atoms with Gasteiger partial charge in [0.25, 0.3) is 0 Å². The van der Waals surface area contributed by atoms with Gasteiger partial charge in [-0.05, 0) is 36.6 Å². The molecule has 1 heterocycles. The van der Waals surface area contributed by atoms with E-state index in [4.69, 9.17) is 4.74 Å². The van der Waals surface area contributed by atoms with Gasteiger partial charge in [0.05, 0.1) is 25.3 Å². The predicted molar refractivity (Wildman–Crippen MR) is 91.8 cm³/mol. The number of halogens is 1. The van der Waals surface area contributed by atoms with Crippen LogP contribution in [-0.2, 0) is 0 Å². The van der Waals surface area contributed by atoms with Crippen LogP contribution in [0.25, 0.3) is 0 Å². The smallest absolute Gasteiger partial charge is 0.315 e. The van der Waals surface area contributed by atoms with Gasteiger partial charge in [0.2, 0.25) is 0 Å². The number of carbonyl (C=O) groups excluding carboxylic acids is 1. The van der Waals surface area contributed by atoms with Crippen LogP contribution in [0.3, 0.4) is 0 Å². The molecule has 25 heavy (non-hydrogen) atoms. The van der Waals surface area contributed by atoms with Crippen LogP contribution in [-0.4, -0.2) is 24.4 Å². The molecule has 0 saturated carbocycles. The summed E-state index contributed by atoms with van der Waals surface area (Å²) in [6.07, 6.45) is 1.41. The van der Waals surface area contributed by atoms with E-state index in [1.165, 1.54) is 12.1 Å². The molecule has 6 heteroatoms. The van der Waals surface area contributed by atoms with Crippen molar-refractivity contribution in [1.29, 1.82) is 0 Å². The van der Waals surface area contributed by atoms with Crippen LogP contribution < -0.4 is 15.4 Å². The Morgan fingerprint density at radius 3 is 2.84 bits per heavy atom. The van der Waals surface area contributed by atoms with Crippen LogP contribution in [0, 0.1) is 5.82 Å². The molecule has 0 bridgehead atoms. The Morgan fingerprint density at radius 2 is 2.08 bits per heavy atom. The molecule has 3 N–H and O–H groups in total. The first kappa shape index (κ1) is 17.2. The van der Waals surface area contributed by atoms with Gasteiger partial charge in [0.15, 0.2) is 0 Å². The fourth-order valence-corrected chi connectivity index (χ4v) is 2.98. The molecule has 0 aromatic heterocycles. The Bertz CT molecular complexity index is 724. The van der Waals surface area contributed by atoms with Crippen molar-refractivity contribution in [3.05, 3.63) is 65.5 Å². The summed E-state index contributed by atoms with van der Waals surface area (Å²) in [6.45, 7) is 0.318. The summed E-state index contributed by atoms with van der Waals surface area (Å²) in [4.78, 5) is 12.4. The van der Waals surface area contributed by atoms with Crippen LogP contribution in [0.15, 0.2) is 48.5 Å². The standard InChI is InChI=1S/C19H21FN2O3/c20-14-8-9-18-15(11-14)16(7-4-10-25-18)21-19(24)22-17(12-23)13-5-2-1-3-6-13/h1-3,5-6,8-9,11,16-17,23H,4,7,10,12H2,(H2,21,22,24)/t16-,17+/m1/s1. The highest BCUT2D eigenvalue weighted by atomic mass is 19.1. The Balaban J connectivity index is 1.71. The molecule has 0 spiro atoms. The molecular formula is C19H21FN2O3. The number of rotatable bonds is 4. The quantitative estimate of drug-likeness (QED) is 0.798. The second kappa shape index (κ2) is 7.98. The Morgan fingerprint density at radius 1 is 1.28 bits per heavy atom. The van der Waals surface area contributed by atoms with Crippen molar-refractivity contribution in [2.24, 2.45) is 0 Å². The lowest BCUT2D eigenvalue weighted by molar-refractivity contribution is 0.213. The number of hydrogen-bond donors (Lipinski definition) is 3. The first-order chi connectivity index (χ1) is 12.2. The van der Waals surface area contributed by atoms with Crippen LogP contribution in [0.4, 0.5) is 9.18 Å². The van der Waals surface area contributed by atoms with E-state index < -0.39 is 12.1 Å². The average Bonchev–Trinajstić information content (AvgIpc) is 2.82. The van der Waals surface area contributed by atoms with Crippen molar-refractivity contribution in [2.45, 2.75) is 24.9 Å². The van der Waals surface area contributed by atoms with Gasteiger partial charge in [-0.25, -0.2) is 9.18 Å². The van der Waals surface area contributed by atoms with E-state index in [0.717, 1.165) is 12.0 Å². The summed E-state index contributed by atoms with van der Waals surface area (Å²) in [5.41, 5.74) is 1.45. The second-order valence-corrected chi connectivity index (χ2v) is 5.99. The number of aliphatic hydroxyl groups excluding tert-OH is 1. The molecule has 2 aromatic carbocycles. The Hall–Kier alpha value is -2.60. The molecule has 132 valence electrons. The van der Waals surface area contributed by atoms with Gasteiger partial charge in [-0.3, -0.25) is 0 Å². The second-order valence-electron chi connectivity index (χ2n) is 5.99. The fourth-order valence-electron chi connectivity index (χ4n) is 2.98. The Labute approximate surface area is 145 Å². The number of hydrogen-bond acceptors (Lipinski definition) is 3. The van der Waals surface area contributed by atoms with E-state index in [-0.39, 0.29) is 18.5 Å². The van der Waals surface area contributed by atoms with Gasteiger partial charge < -0.3 is 20.5 Å². The molecule has 0 radical (unpaired) electrons. The maximum Gasteiger partial charge on any atom is 0.315 e. The molecule has 2 aromatic rings. The number of ether oxygens (including phenoxy) is 1. The molecule has 2 amide bonds. The number of nitrogens with one attached hydrogen (secondary N) is 2. The molecule has 2 atom stereocenters. The average molecular weight is 344 g/mol. The summed E-state index contributed by atoms with van der Waals surface area (Å²) < 4.78 is 19.2. The lowest BCUT2D eigenvalue weighted by Gasteiger charge is -2.22. The lowest BCUT2D eigenvalue weighted by Crippen LogP contribution is -2.41. The summed E-state index contributed by atoms with van der Waals surface area (Å²) in [6, 6.07) is 12.3. The monoisotopic (exact) mass is 344 g/mol. The maximum absolute atomic E-state index is 13.6. The van der Waals surface area contributed by atoms with Gasteiger partial charge in [-0.15, -0.1) is 0 Å². The Kier molecular flexibility index (Phi) is 5.50. The van der Waals surface area contributed by atoms with E-state index in [0.29, 0.717) is 24.3 Å². The maximum atomic E-state index is 13.6. The van der Waals surface area contributed by atoms with Crippen LogP contribution in [0.2, 0.25) is 0 Å². The van der Waals surface area contributed by atoms with Crippen molar-refractivity contribution in [3.63, 3.8) is 0 Å². The minimum Gasteiger partial charge on any atom is -0.493 e. The molecule has 3 rings (SSSR count). The summed E-state index contributed by atoms with van der Waals surface area (Å²) >= 11 is 0. The van der Waals surface area contributed by atoms with Crippen LogP contribution >= 0.6 is 0 Å². The molecule has 0 unspecified atom stereocenters. The first-order valence-corrected chi connectivity index (χ1v) is 8.32. The number of urea groups is 1. The normalized spacial score (nSPS) is 17.6. The minimum atomic E-state index is -0.504. The van der Waals surface area contributed by atoms with E-state index in [1.807, 2.05) is 30.3 Å². The number of amides is 2. The third-order valence-corrected chi connectivity index (χ3v) is 4.24. The molecular weight excluding hydrogens is 323 g/mol. The SMILES string of the molecule is O=C(N[C@@H](CO)c1ccccc1)N[C@@H]1CCCOc2ccc(F)cc21. The molecule has 5 nitrogen and oxygen atoms in total. The largest absolute Gasteiger partial charge is 0.493 e. The number of carbonyl (C=O) groups is 1. The first-order valence-electron chi connectivity index (χ1n) is 8.32. The van der Waals surface area contributed by atoms with Crippen molar-refractivity contribution >= 4 is 6.03 Å². The molecule has 0 fully saturated rings. The van der Waals surface area contributed by atoms with Gasteiger partial charge >= 0.3 is 6.03 Å². The van der Waals surface area contributed by atoms with E-state index in [1.54, 1.807) is 6.07 Å². The number of benzene rings is 2. The number of fused-ring (bicyclic) bond motifs is 1. The molecule has 0 aliphatic carbocycles. The molecule has 0 saturated heterocycles. The zero-order chi connectivity index (χ0) is 17.6. The van der Waals surface area contributed by atoms with Crippen molar-refractivity contribution in [3.8, 4) is 5.75 Å². The highest BCUT2D eigenvalue weighted by Crippen LogP contribution is 2.32. The van der Waals surface area contributed by atoms with Gasteiger partial charge in [0, 0.05) is 5.56 Å². The predicted octanol–water partition coefficient (Wildman–Crippen LogP) is 3.07. The van der Waals surface area contributed by atoms with Crippen molar-refractivity contribution in [2.75, 3.05) is 13.2 Å². The van der Waals surface area contributed by atoms with E-state index >= 15 is 0 Å². The highest BCUT2D eigenvalue weighted by molar-refractivity contribution is 5.75. The third-order valence-electron chi connectivity index (χ3n) is 4.24. The minimum absolute atomic E-state index is 0.212. The summed E-state index contributed by atoms with van der Waals surface area (Å²) in [5.74, 6) is 0.222. The van der Waals surface area contributed by atoms with Crippen LogP contribution in [0.5, 0.6) is 5.75 Å². The fraction of sp³-hybridized carbons (Fsp3) is 0.316. The highest BCUT2D eigenvalue weighted by Gasteiger charge is 2.23. The van der Waals surface area contributed by atoms with Gasteiger partial charge in [-0.1, -0.05) is 30.3 Å². The zero-order valence-electron chi connectivity index (χ0n) is 13.7. The lowest BCUT2D eigenvalue weighted by atomic mass is 10.0.